The van der Waals surface area contributed by atoms with Crippen molar-refractivity contribution in [1.29, 1.82) is 5.26 Å². The predicted octanol–water partition coefficient (Wildman–Crippen LogP) is 2.19. The first-order valence-corrected chi connectivity index (χ1v) is 7.07. The predicted molar refractivity (Wildman–Crippen MR) is 78.3 cm³/mol. The summed E-state index contributed by atoms with van der Waals surface area (Å²) >= 11 is 0. The standard InChI is InChI=1S/C16H20FN3O/c1-12-10-13(17)4-5-14(12)15(21)19-6-8-20(9-7-19)16(2,3)11-18/h4-5,10H,6-9H2,1-3H3. The Morgan fingerprint density at radius 2 is 1.90 bits per heavy atom. The van der Waals surface area contributed by atoms with Crippen LogP contribution in [-0.2, 0) is 0 Å². The van der Waals surface area contributed by atoms with Crippen LogP contribution in [0.1, 0.15) is 29.8 Å². The van der Waals surface area contributed by atoms with Gasteiger partial charge in [0.25, 0.3) is 5.91 Å². The molecular weight excluding hydrogens is 269 g/mol. The average Bonchev–Trinajstić information content (AvgIpc) is 2.47. The lowest BCUT2D eigenvalue weighted by Gasteiger charge is -2.40. The molecule has 0 bridgehead atoms. The summed E-state index contributed by atoms with van der Waals surface area (Å²) in [6, 6.07) is 6.52. The highest BCUT2D eigenvalue weighted by Gasteiger charge is 2.31. The van der Waals surface area contributed by atoms with Crippen molar-refractivity contribution < 1.29 is 9.18 Å². The monoisotopic (exact) mass is 289 g/mol. The zero-order valence-electron chi connectivity index (χ0n) is 12.7. The molecule has 0 N–H and O–H groups in total. The highest BCUT2D eigenvalue weighted by Crippen LogP contribution is 2.18. The van der Waals surface area contributed by atoms with Crippen LogP contribution in [-0.4, -0.2) is 47.4 Å². The van der Waals surface area contributed by atoms with Crippen molar-refractivity contribution in [3.63, 3.8) is 0 Å². The van der Waals surface area contributed by atoms with E-state index in [-0.39, 0.29) is 11.7 Å². The molecule has 112 valence electrons. The Labute approximate surface area is 124 Å². The Bertz CT molecular complexity index is 584. The van der Waals surface area contributed by atoms with Crippen LogP contribution >= 0.6 is 0 Å². The molecule has 0 spiro atoms. The van der Waals surface area contributed by atoms with E-state index in [1.54, 1.807) is 17.9 Å². The van der Waals surface area contributed by atoms with E-state index in [0.29, 0.717) is 37.3 Å². The van der Waals surface area contributed by atoms with Crippen molar-refractivity contribution in [3.05, 3.63) is 35.1 Å². The highest BCUT2D eigenvalue weighted by atomic mass is 19.1. The molecule has 1 aromatic carbocycles. The molecule has 0 aromatic heterocycles. The van der Waals surface area contributed by atoms with E-state index in [2.05, 4.69) is 11.0 Å². The van der Waals surface area contributed by atoms with Crippen molar-refractivity contribution in [3.8, 4) is 6.07 Å². The molecule has 4 nitrogen and oxygen atoms in total. The van der Waals surface area contributed by atoms with Crippen LogP contribution in [0.15, 0.2) is 18.2 Å². The second-order valence-electron chi connectivity index (χ2n) is 5.91. The molecule has 0 unspecified atom stereocenters. The minimum Gasteiger partial charge on any atom is -0.336 e. The molecule has 2 rings (SSSR count). The minimum absolute atomic E-state index is 0.0677. The second kappa shape index (κ2) is 5.82. The summed E-state index contributed by atoms with van der Waals surface area (Å²) in [5.41, 5.74) is 0.685. The van der Waals surface area contributed by atoms with Gasteiger partial charge in [-0.05, 0) is 44.5 Å². The number of amides is 1. The fourth-order valence-electron chi connectivity index (χ4n) is 2.58. The number of hydrogen-bond acceptors (Lipinski definition) is 3. The summed E-state index contributed by atoms with van der Waals surface area (Å²) in [6.07, 6.45) is 0. The summed E-state index contributed by atoms with van der Waals surface area (Å²) in [7, 11) is 0. The maximum Gasteiger partial charge on any atom is 0.254 e. The lowest BCUT2D eigenvalue weighted by Crippen LogP contribution is -2.55. The van der Waals surface area contributed by atoms with Crippen molar-refractivity contribution in [2.45, 2.75) is 26.3 Å². The van der Waals surface area contributed by atoms with Gasteiger partial charge < -0.3 is 4.90 Å². The van der Waals surface area contributed by atoms with Crippen molar-refractivity contribution >= 4 is 5.91 Å². The number of nitrogens with zero attached hydrogens (tertiary/aromatic N) is 3. The number of benzene rings is 1. The van der Waals surface area contributed by atoms with E-state index in [4.69, 9.17) is 5.26 Å². The van der Waals surface area contributed by atoms with Gasteiger partial charge in [0.1, 0.15) is 11.4 Å². The van der Waals surface area contributed by atoms with Gasteiger partial charge in [0, 0.05) is 31.7 Å². The molecule has 1 fully saturated rings. The normalized spacial score (nSPS) is 16.6. The summed E-state index contributed by atoms with van der Waals surface area (Å²) in [5, 5.41) is 9.15. The van der Waals surface area contributed by atoms with Gasteiger partial charge in [0.05, 0.1) is 6.07 Å². The molecule has 5 heteroatoms. The van der Waals surface area contributed by atoms with E-state index in [9.17, 15) is 9.18 Å². The second-order valence-corrected chi connectivity index (χ2v) is 5.91. The van der Waals surface area contributed by atoms with Gasteiger partial charge in [-0.15, -0.1) is 0 Å². The maximum absolute atomic E-state index is 13.1. The molecule has 1 saturated heterocycles. The molecule has 0 saturated carbocycles. The molecule has 0 aliphatic carbocycles. The van der Waals surface area contributed by atoms with E-state index in [1.165, 1.54) is 12.1 Å². The van der Waals surface area contributed by atoms with Gasteiger partial charge in [-0.2, -0.15) is 5.26 Å². The first-order chi connectivity index (χ1) is 9.85. The molecule has 1 amide bonds. The number of piperazine rings is 1. The fourth-order valence-corrected chi connectivity index (χ4v) is 2.58. The first kappa shape index (κ1) is 15.5. The molecule has 1 aliphatic rings. The zero-order chi connectivity index (χ0) is 15.6. The van der Waals surface area contributed by atoms with E-state index in [0.717, 1.165) is 0 Å². The van der Waals surface area contributed by atoms with Crippen LogP contribution < -0.4 is 0 Å². The Morgan fingerprint density at radius 3 is 2.43 bits per heavy atom. The van der Waals surface area contributed by atoms with Crippen LogP contribution in [0.2, 0.25) is 0 Å². The smallest absolute Gasteiger partial charge is 0.254 e. The van der Waals surface area contributed by atoms with Gasteiger partial charge in [-0.3, -0.25) is 9.69 Å². The van der Waals surface area contributed by atoms with E-state index >= 15 is 0 Å². The van der Waals surface area contributed by atoms with Crippen LogP contribution in [0.5, 0.6) is 0 Å². The van der Waals surface area contributed by atoms with Crippen LogP contribution in [0.3, 0.4) is 0 Å². The number of rotatable bonds is 2. The number of nitriles is 1. The molecule has 1 aliphatic heterocycles. The topological polar surface area (TPSA) is 47.3 Å². The largest absolute Gasteiger partial charge is 0.336 e. The summed E-state index contributed by atoms with van der Waals surface area (Å²) in [4.78, 5) is 16.3. The lowest BCUT2D eigenvalue weighted by atomic mass is 10.0. The Hall–Kier alpha value is -1.93. The molecular formula is C16H20FN3O. The molecule has 1 aromatic rings. The Morgan fingerprint density at radius 1 is 1.29 bits per heavy atom. The summed E-state index contributed by atoms with van der Waals surface area (Å²) in [5.74, 6) is -0.397. The van der Waals surface area contributed by atoms with Crippen LogP contribution in [0.4, 0.5) is 4.39 Å². The van der Waals surface area contributed by atoms with Crippen molar-refractivity contribution in [1.82, 2.24) is 9.80 Å². The Balaban J connectivity index is 2.06. The third-order valence-corrected chi connectivity index (χ3v) is 4.05. The number of hydrogen-bond donors (Lipinski definition) is 0. The third kappa shape index (κ3) is 3.22. The summed E-state index contributed by atoms with van der Waals surface area (Å²) in [6.45, 7) is 8.02. The van der Waals surface area contributed by atoms with Gasteiger partial charge in [0.2, 0.25) is 0 Å². The van der Waals surface area contributed by atoms with E-state index < -0.39 is 5.54 Å². The molecule has 1 heterocycles. The number of aryl methyl sites for hydroxylation is 1. The molecule has 21 heavy (non-hydrogen) atoms. The minimum atomic E-state index is -0.513. The SMILES string of the molecule is Cc1cc(F)ccc1C(=O)N1CCN(C(C)(C)C#N)CC1. The quantitative estimate of drug-likeness (QED) is 0.838. The average molecular weight is 289 g/mol. The molecule has 0 atom stereocenters. The van der Waals surface area contributed by atoms with Gasteiger partial charge in [0.15, 0.2) is 0 Å². The lowest BCUT2D eigenvalue weighted by molar-refractivity contribution is 0.0520. The van der Waals surface area contributed by atoms with Crippen molar-refractivity contribution in [2.24, 2.45) is 0 Å². The first-order valence-electron chi connectivity index (χ1n) is 7.07. The van der Waals surface area contributed by atoms with E-state index in [1.807, 2.05) is 13.8 Å². The Kier molecular flexibility index (Phi) is 4.29. The van der Waals surface area contributed by atoms with Gasteiger partial charge in [-0.25, -0.2) is 4.39 Å². The fraction of sp³-hybridized carbons (Fsp3) is 0.500. The van der Waals surface area contributed by atoms with Crippen LogP contribution in [0, 0.1) is 24.1 Å². The van der Waals surface area contributed by atoms with Gasteiger partial charge >= 0.3 is 0 Å². The number of carbonyl (C=O) groups excluding carboxylic acids is 1. The maximum atomic E-state index is 13.1. The number of halogens is 1. The van der Waals surface area contributed by atoms with Gasteiger partial charge in [-0.1, -0.05) is 0 Å². The summed E-state index contributed by atoms with van der Waals surface area (Å²) < 4.78 is 13.1. The zero-order valence-corrected chi connectivity index (χ0v) is 12.7. The van der Waals surface area contributed by atoms with Crippen molar-refractivity contribution in [2.75, 3.05) is 26.2 Å². The van der Waals surface area contributed by atoms with Crippen LogP contribution in [0.25, 0.3) is 0 Å². The third-order valence-electron chi connectivity index (χ3n) is 4.05. The molecule has 0 radical (unpaired) electrons. The number of carbonyl (C=O) groups is 1. The highest BCUT2D eigenvalue weighted by molar-refractivity contribution is 5.95.